The van der Waals surface area contributed by atoms with Crippen molar-refractivity contribution in [2.24, 2.45) is 0 Å². The van der Waals surface area contributed by atoms with Crippen molar-refractivity contribution in [2.45, 2.75) is 10.5 Å². The highest BCUT2D eigenvalue weighted by atomic mass is 32.3. The van der Waals surface area contributed by atoms with E-state index in [0.717, 1.165) is 6.08 Å². The molecule has 0 heterocycles. The summed E-state index contributed by atoms with van der Waals surface area (Å²) in [6.07, 6.45) is 1.51. The monoisotopic (exact) mass is 290 g/mol. The Bertz CT molecular complexity index is 682. The molecule has 0 fully saturated rings. The Kier molecular flexibility index (Phi) is 2.85. The summed E-state index contributed by atoms with van der Waals surface area (Å²) in [5, 5.41) is 0. The lowest BCUT2D eigenvalue weighted by atomic mass is 9.97. The largest absolute Gasteiger partial charge is 0.291 e. The lowest BCUT2D eigenvalue weighted by molar-refractivity contribution is 0.436. The van der Waals surface area contributed by atoms with E-state index in [2.05, 4.69) is 0 Å². The Morgan fingerprint density at radius 3 is 2.11 bits per heavy atom. The second-order valence-corrected chi connectivity index (χ2v) is 7.59. The molecule has 1 aliphatic carbocycles. The maximum Gasteiger partial charge on any atom is 0.291 e. The zero-order valence-electron chi connectivity index (χ0n) is 9.02. The maximum atomic E-state index is 11.3. The molecule has 0 radical (unpaired) electrons. The van der Waals surface area contributed by atoms with Crippen molar-refractivity contribution >= 4 is 26.3 Å². The zero-order chi connectivity index (χ0) is 13.6. The summed E-state index contributed by atoms with van der Waals surface area (Å²) in [6.45, 7) is 0. The molecule has 0 saturated heterocycles. The average Bonchev–Trinajstić information content (AvgIpc) is 2.25. The summed E-state index contributed by atoms with van der Waals surface area (Å²) in [7, 11) is -10.0. The topological polar surface area (TPSA) is 109 Å². The van der Waals surface area contributed by atoms with Gasteiger partial charge in [0.1, 0.15) is 0 Å². The molecular weight excluding hydrogens is 280 g/mol. The van der Waals surface area contributed by atoms with Gasteiger partial charge in [-0.05, 0) is 17.2 Å². The molecule has 18 heavy (non-hydrogen) atoms. The highest BCUT2D eigenvalue weighted by Gasteiger charge is 2.53. The van der Waals surface area contributed by atoms with E-state index in [-0.39, 0.29) is 0 Å². The van der Waals surface area contributed by atoms with E-state index < -0.39 is 30.7 Å². The van der Waals surface area contributed by atoms with Crippen LogP contribution in [0.2, 0.25) is 0 Å². The van der Waals surface area contributed by atoms with Crippen LogP contribution in [0, 0.1) is 0 Å². The quantitative estimate of drug-likeness (QED) is 0.777. The van der Waals surface area contributed by atoms with Gasteiger partial charge in [0, 0.05) is 6.42 Å². The smallest absolute Gasteiger partial charge is 0.284 e. The van der Waals surface area contributed by atoms with Crippen LogP contribution >= 0.6 is 0 Å². The molecule has 1 aromatic rings. The number of benzene rings is 1. The molecule has 2 rings (SSSR count). The molecule has 0 saturated carbocycles. The third-order valence-electron chi connectivity index (χ3n) is 2.88. The Morgan fingerprint density at radius 1 is 1.00 bits per heavy atom. The molecule has 0 aromatic heterocycles. The van der Waals surface area contributed by atoms with Gasteiger partial charge in [-0.1, -0.05) is 30.3 Å². The first-order valence-electron chi connectivity index (χ1n) is 4.89. The van der Waals surface area contributed by atoms with Crippen LogP contribution in [0.15, 0.2) is 30.3 Å². The molecule has 1 aromatic carbocycles. The second-order valence-electron chi connectivity index (χ2n) is 3.97. The van der Waals surface area contributed by atoms with Crippen LogP contribution in [0.4, 0.5) is 0 Å². The van der Waals surface area contributed by atoms with Crippen molar-refractivity contribution < 1.29 is 25.9 Å². The summed E-state index contributed by atoms with van der Waals surface area (Å²) in [6, 6.07) is 6.52. The van der Waals surface area contributed by atoms with Gasteiger partial charge in [0.2, 0.25) is 4.08 Å². The van der Waals surface area contributed by atoms with Gasteiger partial charge >= 0.3 is 0 Å². The predicted molar refractivity (Wildman–Crippen MR) is 65.0 cm³/mol. The van der Waals surface area contributed by atoms with E-state index in [1.807, 2.05) is 0 Å². The van der Waals surface area contributed by atoms with Gasteiger partial charge in [-0.15, -0.1) is 0 Å². The van der Waals surface area contributed by atoms with Crippen LogP contribution in [0.5, 0.6) is 0 Å². The minimum absolute atomic E-state index is 0.412. The molecule has 1 aliphatic rings. The van der Waals surface area contributed by atoms with Crippen molar-refractivity contribution in [2.75, 3.05) is 0 Å². The molecule has 2 N–H and O–H groups in total. The third kappa shape index (κ3) is 1.87. The molecule has 6 nitrogen and oxygen atoms in total. The van der Waals surface area contributed by atoms with Gasteiger partial charge < -0.3 is 0 Å². The van der Waals surface area contributed by atoms with Gasteiger partial charge in [0.15, 0.2) is 0 Å². The van der Waals surface area contributed by atoms with Crippen molar-refractivity contribution in [1.29, 1.82) is 0 Å². The van der Waals surface area contributed by atoms with Gasteiger partial charge in [-0.2, -0.15) is 16.8 Å². The molecule has 0 atom stereocenters. The Balaban J connectivity index is 2.72. The van der Waals surface area contributed by atoms with Crippen molar-refractivity contribution in [3.63, 3.8) is 0 Å². The second kappa shape index (κ2) is 3.89. The average molecular weight is 290 g/mol. The lowest BCUT2D eigenvalue weighted by Gasteiger charge is -2.27. The standard InChI is InChI=1S/C10H10O6S2/c11-17(12,13)10(18(14,15)16)6-5-8-3-1-2-4-9(8)7-10/h1-6H,7H2,(H,11,12,13)(H,14,15,16). The minimum atomic E-state index is -5.01. The van der Waals surface area contributed by atoms with Crippen LogP contribution in [0.25, 0.3) is 6.08 Å². The van der Waals surface area contributed by atoms with Gasteiger partial charge in [0.25, 0.3) is 20.2 Å². The van der Waals surface area contributed by atoms with Crippen molar-refractivity contribution in [3.8, 4) is 0 Å². The van der Waals surface area contributed by atoms with E-state index >= 15 is 0 Å². The summed E-state index contributed by atoms with van der Waals surface area (Å²) in [4.78, 5) is 0. The fourth-order valence-corrected chi connectivity index (χ4v) is 4.11. The van der Waals surface area contributed by atoms with E-state index in [1.165, 1.54) is 12.1 Å². The Morgan fingerprint density at radius 2 is 1.56 bits per heavy atom. The van der Waals surface area contributed by atoms with E-state index in [0.29, 0.717) is 11.1 Å². The molecule has 0 amide bonds. The third-order valence-corrected chi connectivity index (χ3v) is 6.45. The highest BCUT2D eigenvalue weighted by molar-refractivity contribution is 8.05. The number of fused-ring (bicyclic) bond motifs is 1. The zero-order valence-corrected chi connectivity index (χ0v) is 10.6. The molecule has 0 unspecified atom stereocenters. The summed E-state index contributed by atoms with van der Waals surface area (Å²) < 4.78 is 60.9. The normalized spacial score (nSPS) is 18.3. The molecular formula is C10H10O6S2. The van der Waals surface area contributed by atoms with Gasteiger partial charge in [-0.3, -0.25) is 9.11 Å². The number of hydrogen-bond donors (Lipinski definition) is 2. The maximum absolute atomic E-state index is 11.3. The van der Waals surface area contributed by atoms with Crippen LogP contribution in [-0.2, 0) is 26.7 Å². The van der Waals surface area contributed by atoms with Crippen molar-refractivity contribution in [3.05, 3.63) is 41.5 Å². The van der Waals surface area contributed by atoms with E-state index in [9.17, 15) is 16.8 Å². The van der Waals surface area contributed by atoms with Crippen molar-refractivity contribution in [1.82, 2.24) is 0 Å². The van der Waals surface area contributed by atoms with Gasteiger partial charge in [-0.25, -0.2) is 0 Å². The Labute approximate surface area is 104 Å². The fourth-order valence-electron chi connectivity index (χ4n) is 1.89. The first kappa shape index (κ1) is 13.2. The molecule has 98 valence electrons. The van der Waals surface area contributed by atoms with Crippen LogP contribution < -0.4 is 0 Å². The minimum Gasteiger partial charge on any atom is -0.284 e. The van der Waals surface area contributed by atoms with Crippen LogP contribution in [0.3, 0.4) is 0 Å². The van der Waals surface area contributed by atoms with Gasteiger partial charge in [0.05, 0.1) is 0 Å². The molecule has 0 spiro atoms. The van der Waals surface area contributed by atoms with E-state index in [4.69, 9.17) is 9.11 Å². The van der Waals surface area contributed by atoms with Crippen LogP contribution in [0.1, 0.15) is 11.1 Å². The first-order chi connectivity index (χ1) is 8.17. The highest BCUT2D eigenvalue weighted by Crippen LogP contribution is 2.35. The summed E-state index contributed by atoms with van der Waals surface area (Å²) >= 11 is 0. The van der Waals surface area contributed by atoms with Crippen LogP contribution in [-0.4, -0.2) is 30.0 Å². The lowest BCUT2D eigenvalue weighted by Crippen LogP contribution is -2.47. The fraction of sp³-hybridized carbons (Fsp3) is 0.200. The first-order valence-corrected chi connectivity index (χ1v) is 7.77. The SMILES string of the molecule is O=S(=O)(O)C1(S(=O)(=O)O)C=Cc2ccccc2C1. The predicted octanol–water partition coefficient (Wildman–Crippen LogP) is 0.728. The molecule has 8 heteroatoms. The number of rotatable bonds is 2. The Hall–Kier alpha value is -1.22. The number of hydrogen-bond acceptors (Lipinski definition) is 4. The molecule has 0 bridgehead atoms. The summed E-state index contributed by atoms with van der Waals surface area (Å²) in [5.41, 5.74) is 1.05. The van der Waals surface area contributed by atoms with E-state index in [1.54, 1.807) is 18.2 Å². The molecule has 0 aliphatic heterocycles. The summed E-state index contributed by atoms with van der Waals surface area (Å²) in [5.74, 6) is 0.